The van der Waals surface area contributed by atoms with Gasteiger partial charge >= 0.3 is 0 Å². The molecule has 0 saturated heterocycles. The van der Waals surface area contributed by atoms with Crippen LogP contribution in [0.5, 0.6) is 0 Å². The maximum absolute atomic E-state index is 12.2. The number of carbonyl (C=O) groups is 1. The monoisotopic (exact) mass is 336 g/mol. The van der Waals surface area contributed by atoms with Crippen molar-refractivity contribution in [3.63, 3.8) is 0 Å². The van der Waals surface area contributed by atoms with Crippen LogP contribution in [0.2, 0.25) is 0 Å². The number of anilines is 1. The third-order valence-corrected chi connectivity index (χ3v) is 4.53. The predicted molar refractivity (Wildman–Crippen MR) is 101 cm³/mol. The van der Waals surface area contributed by atoms with Crippen molar-refractivity contribution in [3.8, 4) is 0 Å². The number of hydrogen-bond acceptors (Lipinski definition) is 3. The predicted octanol–water partition coefficient (Wildman–Crippen LogP) is 4.22. The zero-order valence-corrected chi connectivity index (χ0v) is 15.9. The van der Waals surface area contributed by atoms with Crippen LogP contribution in [-0.4, -0.2) is 22.2 Å². The number of nitrogens with two attached hydrogens (primary N) is 1. The van der Waals surface area contributed by atoms with E-state index in [1.165, 1.54) is 57.8 Å². The fraction of sp³-hybridized carbons (Fsp3) is 0.789. The van der Waals surface area contributed by atoms with Gasteiger partial charge in [0.1, 0.15) is 5.69 Å². The zero-order valence-electron chi connectivity index (χ0n) is 15.9. The molecule has 5 nitrogen and oxygen atoms in total. The van der Waals surface area contributed by atoms with Gasteiger partial charge in [0.05, 0.1) is 11.4 Å². The Kier molecular flexibility index (Phi) is 10.2. The second kappa shape index (κ2) is 11.9. The van der Waals surface area contributed by atoms with Crippen molar-refractivity contribution in [1.29, 1.82) is 0 Å². The van der Waals surface area contributed by atoms with E-state index in [2.05, 4.69) is 17.3 Å². The number of aromatic nitrogens is 2. The fourth-order valence-electron chi connectivity index (χ4n) is 3.02. The van der Waals surface area contributed by atoms with E-state index in [9.17, 15) is 4.79 Å². The number of nitrogens with one attached hydrogen (secondary N) is 1. The number of amides is 1. The van der Waals surface area contributed by atoms with Gasteiger partial charge in [-0.25, -0.2) is 0 Å². The maximum atomic E-state index is 12.2. The summed E-state index contributed by atoms with van der Waals surface area (Å²) >= 11 is 0. The molecule has 0 unspecified atom stereocenters. The molecule has 1 heterocycles. The molecular weight excluding hydrogens is 300 g/mol. The van der Waals surface area contributed by atoms with Crippen molar-refractivity contribution in [3.05, 3.63) is 11.4 Å². The van der Waals surface area contributed by atoms with Gasteiger partial charge < -0.3 is 11.1 Å². The lowest BCUT2D eigenvalue weighted by Crippen LogP contribution is -2.27. The minimum atomic E-state index is -0.113. The first-order valence-corrected chi connectivity index (χ1v) is 9.71. The van der Waals surface area contributed by atoms with Gasteiger partial charge in [0.15, 0.2) is 0 Å². The van der Waals surface area contributed by atoms with Crippen molar-refractivity contribution < 1.29 is 4.79 Å². The number of nitrogen functional groups attached to an aromatic ring is 1. The van der Waals surface area contributed by atoms with Gasteiger partial charge in [-0.2, -0.15) is 5.10 Å². The molecule has 0 aliphatic carbocycles. The fourth-order valence-corrected chi connectivity index (χ4v) is 3.02. The summed E-state index contributed by atoms with van der Waals surface area (Å²) in [6.07, 6.45) is 13.7. The van der Waals surface area contributed by atoms with Crippen molar-refractivity contribution in [2.24, 2.45) is 7.05 Å². The minimum absolute atomic E-state index is 0.113. The highest BCUT2D eigenvalue weighted by Gasteiger charge is 2.18. The number of hydrogen-bond donors (Lipinski definition) is 2. The lowest BCUT2D eigenvalue weighted by atomic mass is 10.1. The molecular formula is C19H36N4O. The molecule has 138 valence electrons. The quantitative estimate of drug-likeness (QED) is 0.530. The number of aryl methyl sites for hydroxylation is 2. The minimum Gasteiger partial charge on any atom is -0.395 e. The Balaban J connectivity index is 2.09. The van der Waals surface area contributed by atoms with E-state index in [1.807, 2.05) is 6.92 Å². The second-order valence-electron chi connectivity index (χ2n) is 6.62. The molecule has 0 atom stereocenters. The molecule has 0 fully saturated rings. The summed E-state index contributed by atoms with van der Waals surface area (Å²) < 4.78 is 1.59. The van der Waals surface area contributed by atoms with E-state index in [0.717, 1.165) is 18.5 Å². The molecule has 0 aliphatic rings. The van der Waals surface area contributed by atoms with E-state index >= 15 is 0 Å². The summed E-state index contributed by atoms with van der Waals surface area (Å²) in [5.74, 6) is -0.113. The van der Waals surface area contributed by atoms with Crippen LogP contribution in [0, 0.1) is 0 Å². The van der Waals surface area contributed by atoms with E-state index in [1.54, 1.807) is 11.7 Å². The number of nitrogens with zero attached hydrogens (tertiary/aromatic N) is 2. The van der Waals surface area contributed by atoms with Gasteiger partial charge in [-0.1, -0.05) is 71.6 Å². The Labute approximate surface area is 147 Å². The van der Waals surface area contributed by atoms with Crippen molar-refractivity contribution in [2.45, 2.75) is 84.5 Å². The highest BCUT2D eigenvalue weighted by atomic mass is 16.2. The van der Waals surface area contributed by atoms with Crippen LogP contribution >= 0.6 is 0 Å². The van der Waals surface area contributed by atoms with Crippen LogP contribution in [0.3, 0.4) is 0 Å². The van der Waals surface area contributed by atoms with Gasteiger partial charge in [-0.15, -0.1) is 0 Å². The van der Waals surface area contributed by atoms with Gasteiger partial charge in [0.25, 0.3) is 5.91 Å². The van der Waals surface area contributed by atoms with Crippen LogP contribution in [0.1, 0.15) is 94.2 Å². The first-order chi connectivity index (χ1) is 11.6. The van der Waals surface area contributed by atoms with Gasteiger partial charge in [0.2, 0.25) is 0 Å². The third-order valence-electron chi connectivity index (χ3n) is 4.53. The standard InChI is InChI=1S/C19H36N4O/c1-4-6-7-8-9-10-11-12-13-14-15-21-19(24)18-17(20)16(5-2)22-23(18)3/h4-15,20H2,1-3H3,(H,21,24). The van der Waals surface area contributed by atoms with E-state index in [-0.39, 0.29) is 5.91 Å². The summed E-state index contributed by atoms with van der Waals surface area (Å²) in [5, 5.41) is 7.25. The van der Waals surface area contributed by atoms with E-state index in [0.29, 0.717) is 17.9 Å². The van der Waals surface area contributed by atoms with Crippen molar-refractivity contribution in [1.82, 2.24) is 15.1 Å². The molecule has 0 bridgehead atoms. The van der Waals surface area contributed by atoms with Gasteiger partial charge in [-0.05, 0) is 12.8 Å². The Morgan fingerprint density at radius 1 is 1.00 bits per heavy atom. The van der Waals surface area contributed by atoms with Crippen LogP contribution in [0.25, 0.3) is 0 Å². The molecule has 1 aromatic heterocycles. The van der Waals surface area contributed by atoms with Gasteiger partial charge in [0, 0.05) is 13.6 Å². The Morgan fingerprint density at radius 3 is 2.04 bits per heavy atom. The average molecular weight is 337 g/mol. The molecule has 5 heteroatoms. The van der Waals surface area contributed by atoms with E-state index < -0.39 is 0 Å². The molecule has 0 radical (unpaired) electrons. The topological polar surface area (TPSA) is 72.9 Å². The third kappa shape index (κ3) is 6.93. The molecule has 0 saturated carbocycles. The summed E-state index contributed by atoms with van der Waals surface area (Å²) in [5.41, 5.74) is 7.79. The number of rotatable bonds is 13. The summed E-state index contributed by atoms with van der Waals surface area (Å²) in [4.78, 5) is 12.2. The first kappa shape index (κ1) is 20.5. The zero-order chi connectivity index (χ0) is 17.8. The average Bonchev–Trinajstić information content (AvgIpc) is 2.86. The summed E-state index contributed by atoms with van der Waals surface area (Å²) in [6.45, 7) is 4.95. The van der Waals surface area contributed by atoms with Crippen LogP contribution in [0.4, 0.5) is 5.69 Å². The van der Waals surface area contributed by atoms with Crippen LogP contribution in [0.15, 0.2) is 0 Å². The molecule has 0 aliphatic heterocycles. The Morgan fingerprint density at radius 2 is 1.54 bits per heavy atom. The molecule has 1 aromatic rings. The highest BCUT2D eigenvalue weighted by Crippen LogP contribution is 2.16. The largest absolute Gasteiger partial charge is 0.395 e. The Bertz CT molecular complexity index is 482. The lowest BCUT2D eigenvalue weighted by molar-refractivity contribution is 0.0944. The second-order valence-corrected chi connectivity index (χ2v) is 6.62. The molecule has 24 heavy (non-hydrogen) atoms. The molecule has 1 rings (SSSR count). The SMILES string of the molecule is CCCCCCCCCCCCNC(=O)c1c(N)c(CC)nn1C. The molecule has 3 N–H and O–H groups in total. The summed E-state index contributed by atoms with van der Waals surface area (Å²) in [6, 6.07) is 0. The highest BCUT2D eigenvalue weighted by molar-refractivity contribution is 5.97. The summed E-state index contributed by atoms with van der Waals surface area (Å²) in [7, 11) is 1.77. The number of unbranched alkanes of at least 4 members (excludes halogenated alkanes) is 9. The van der Waals surface area contributed by atoms with Gasteiger partial charge in [-0.3, -0.25) is 9.48 Å². The van der Waals surface area contributed by atoms with Crippen LogP contribution < -0.4 is 11.1 Å². The van der Waals surface area contributed by atoms with E-state index in [4.69, 9.17) is 5.73 Å². The molecule has 0 aromatic carbocycles. The maximum Gasteiger partial charge on any atom is 0.271 e. The van der Waals surface area contributed by atoms with Crippen LogP contribution in [-0.2, 0) is 13.5 Å². The lowest BCUT2D eigenvalue weighted by Gasteiger charge is -2.06. The smallest absolute Gasteiger partial charge is 0.271 e. The van der Waals surface area contributed by atoms with Crippen molar-refractivity contribution in [2.75, 3.05) is 12.3 Å². The first-order valence-electron chi connectivity index (χ1n) is 9.71. The molecule has 0 spiro atoms. The molecule has 1 amide bonds. The Hall–Kier alpha value is -1.52. The van der Waals surface area contributed by atoms with Crippen molar-refractivity contribution >= 4 is 11.6 Å². The normalized spacial score (nSPS) is 11.0. The number of carbonyl (C=O) groups excluding carboxylic acids is 1.